The predicted octanol–water partition coefficient (Wildman–Crippen LogP) is 2.20. The predicted molar refractivity (Wildman–Crippen MR) is 66.3 cm³/mol. The Bertz CT molecular complexity index is 424. The van der Waals surface area contributed by atoms with E-state index in [-0.39, 0.29) is 0 Å². The maximum atomic E-state index is 11.3. The van der Waals surface area contributed by atoms with Crippen molar-refractivity contribution in [3.63, 3.8) is 0 Å². The molecule has 0 aromatic heterocycles. The van der Waals surface area contributed by atoms with E-state index in [1.54, 1.807) is 18.2 Å². The van der Waals surface area contributed by atoms with Crippen molar-refractivity contribution < 1.29 is 8.42 Å². The van der Waals surface area contributed by atoms with Gasteiger partial charge in [0.25, 0.3) is 0 Å². The molecule has 0 aliphatic heterocycles. The Morgan fingerprint density at radius 1 is 1.40 bits per heavy atom. The van der Waals surface area contributed by atoms with Crippen molar-refractivity contribution in [1.29, 1.82) is 0 Å². The Morgan fingerprint density at radius 2 is 2.07 bits per heavy atom. The summed E-state index contributed by atoms with van der Waals surface area (Å²) in [6, 6.07) is 7.12. The molecular weight excluding hydrogens is 228 g/mol. The van der Waals surface area contributed by atoms with Crippen LogP contribution in [0.25, 0.3) is 0 Å². The minimum atomic E-state index is -3.09. The van der Waals surface area contributed by atoms with Gasteiger partial charge in [-0.1, -0.05) is 19.1 Å². The van der Waals surface area contributed by atoms with Crippen LogP contribution in [0.15, 0.2) is 29.2 Å². The highest BCUT2D eigenvalue weighted by atomic mass is 32.2. The van der Waals surface area contributed by atoms with Crippen molar-refractivity contribution in [3.8, 4) is 0 Å². The first-order valence-corrected chi connectivity index (χ1v) is 7.35. The Morgan fingerprint density at radius 3 is 2.60 bits per heavy atom. The lowest BCUT2D eigenvalue weighted by molar-refractivity contribution is 0.601. The van der Waals surface area contributed by atoms with Crippen LogP contribution in [-0.2, 0) is 16.3 Å². The van der Waals surface area contributed by atoms with Gasteiger partial charge in [0.05, 0.1) is 4.90 Å². The molecule has 84 valence electrons. The lowest BCUT2D eigenvalue weighted by Crippen LogP contribution is -2.03. The lowest BCUT2D eigenvalue weighted by atomic mass is 10.0. The summed E-state index contributed by atoms with van der Waals surface area (Å²) in [5, 5.41) is 0. The van der Waals surface area contributed by atoms with Crippen LogP contribution in [0, 0.1) is 5.92 Å². The van der Waals surface area contributed by atoms with Gasteiger partial charge in [0.15, 0.2) is 9.84 Å². The zero-order valence-corrected chi connectivity index (χ0v) is 10.7. The molecule has 0 bridgehead atoms. The van der Waals surface area contributed by atoms with Crippen LogP contribution in [-0.4, -0.2) is 20.4 Å². The van der Waals surface area contributed by atoms with Crippen molar-refractivity contribution in [2.75, 3.05) is 12.0 Å². The SMILES string of the molecule is CC(CS)Cc1cccc(S(C)(=O)=O)c1. The molecule has 0 radical (unpaired) electrons. The van der Waals surface area contributed by atoms with Gasteiger partial charge in [-0.2, -0.15) is 12.6 Å². The number of hydrogen-bond donors (Lipinski definition) is 1. The summed E-state index contributed by atoms with van der Waals surface area (Å²) < 4.78 is 22.7. The van der Waals surface area contributed by atoms with E-state index in [2.05, 4.69) is 19.6 Å². The van der Waals surface area contributed by atoms with Gasteiger partial charge >= 0.3 is 0 Å². The average molecular weight is 244 g/mol. The molecule has 0 saturated heterocycles. The zero-order chi connectivity index (χ0) is 11.5. The largest absolute Gasteiger partial charge is 0.224 e. The van der Waals surface area contributed by atoms with Crippen LogP contribution >= 0.6 is 12.6 Å². The van der Waals surface area contributed by atoms with Gasteiger partial charge < -0.3 is 0 Å². The van der Waals surface area contributed by atoms with Crippen LogP contribution in [0.2, 0.25) is 0 Å². The van der Waals surface area contributed by atoms with E-state index in [9.17, 15) is 8.42 Å². The highest BCUT2D eigenvalue weighted by molar-refractivity contribution is 7.90. The molecule has 0 aliphatic rings. The van der Waals surface area contributed by atoms with Crippen molar-refractivity contribution in [3.05, 3.63) is 29.8 Å². The number of benzene rings is 1. The molecule has 0 N–H and O–H groups in total. The molecule has 1 atom stereocenters. The maximum Gasteiger partial charge on any atom is 0.175 e. The number of thiol groups is 1. The minimum absolute atomic E-state index is 0.395. The molecule has 1 aromatic carbocycles. The smallest absolute Gasteiger partial charge is 0.175 e. The fraction of sp³-hybridized carbons (Fsp3) is 0.455. The zero-order valence-electron chi connectivity index (χ0n) is 8.97. The molecule has 15 heavy (non-hydrogen) atoms. The van der Waals surface area contributed by atoms with Gasteiger partial charge in [-0.3, -0.25) is 0 Å². The van der Waals surface area contributed by atoms with Crippen molar-refractivity contribution in [2.24, 2.45) is 5.92 Å². The second kappa shape index (κ2) is 5.03. The number of sulfone groups is 1. The summed E-state index contributed by atoms with van der Waals surface area (Å²) in [5.74, 6) is 1.27. The van der Waals surface area contributed by atoms with Crippen molar-refractivity contribution >= 4 is 22.5 Å². The van der Waals surface area contributed by atoms with E-state index in [0.717, 1.165) is 17.7 Å². The van der Waals surface area contributed by atoms with Gasteiger partial charge in [0.1, 0.15) is 0 Å². The highest BCUT2D eigenvalue weighted by Gasteiger charge is 2.08. The molecule has 1 aromatic rings. The third-order valence-corrected chi connectivity index (χ3v) is 3.96. The molecule has 0 spiro atoms. The van der Waals surface area contributed by atoms with Gasteiger partial charge in [-0.05, 0) is 35.8 Å². The second-order valence-electron chi connectivity index (χ2n) is 3.91. The molecule has 0 heterocycles. The monoisotopic (exact) mass is 244 g/mol. The topological polar surface area (TPSA) is 34.1 Å². The first-order valence-electron chi connectivity index (χ1n) is 4.83. The van der Waals surface area contributed by atoms with Crippen molar-refractivity contribution in [1.82, 2.24) is 0 Å². The summed E-state index contributed by atoms with van der Waals surface area (Å²) in [6.45, 7) is 2.10. The molecule has 0 fully saturated rings. The molecule has 4 heteroatoms. The van der Waals surface area contributed by atoms with E-state index < -0.39 is 9.84 Å². The third-order valence-electron chi connectivity index (χ3n) is 2.22. The molecular formula is C11H16O2S2. The first-order chi connectivity index (χ1) is 6.93. The molecule has 2 nitrogen and oxygen atoms in total. The summed E-state index contributed by atoms with van der Waals surface area (Å²) in [7, 11) is -3.09. The van der Waals surface area contributed by atoms with E-state index in [4.69, 9.17) is 0 Å². The standard InChI is InChI=1S/C11H16O2S2/c1-9(8-14)6-10-4-3-5-11(7-10)15(2,12)13/h3-5,7,9,14H,6,8H2,1-2H3. The van der Waals surface area contributed by atoms with E-state index in [1.807, 2.05) is 6.07 Å². The van der Waals surface area contributed by atoms with Crippen LogP contribution in [0.4, 0.5) is 0 Å². The molecule has 1 rings (SSSR count). The second-order valence-corrected chi connectivity index (χ2v) is 6.29. The first kappa shape index (κ1) is 12.6. The normalized spacial score (nSPS) is 13.8. The summed E-state index contributed by atoms with van der Waals surface area (Å²) in [6.07, 6.45) is 2.10. The fourth-order valence-corrected chi connectivity index (χ4v) is 2.19. The number of hydrogen-bond acceptors (Lipinski definition) is 3. The third kappa shape index (κ3) is 3.87. The summed E-state index contributed by atoms with van der Waals surface area (Å²) in [5.41, 5.74) is 1.06. The molecule has 0 aliphatic carbocycles. The van der Waals surface area contributed by atoms with E-state index >= 15 is 0 Å². The highest BCUT2D eigenvalue weighted by Crippen LogP contribution is 2.15. The molecule has 1 unspecified atom stereocenters. The van der Waals surface area contributed by atoms with Gasteiger partial charge in [0, 0.05) is 6.26 Å². The van der Waals surface area contributed by atoms with E-state index in [0.29, 0.717) is 10.8 Å². The van der Waals surface area contributed by atoms with E-state index in [1.165, 1.54) is 6.26 Å². The lowest BCUT2D eigenvalue weighted by Gasteiger charge is -2.08. The Hall–Kier alpha value is -0.480. The average Bonchev–Trinajstić information content (AvgIpc) is 2.17. The Labute approximate surface area is 97.0 Å². The quantitative estimate of drug-likeness (QED) is 0.824. The maximum absolute atomic E-state index is 11.3. The van der Waals surface area contributed by atoms with Crippen LogP contribution in [0.5, 0.6) is 0 Å². The van der Waals surface area contributed by atoms with Crippen LogP contribution in [0.3, 0.4) is 0 Å². The van der Waals surface area contributed by atoms with Gasteiger partial charge in [0.2, 0.25) is 0 Å². The van der Waals surface area contributed by atoms with Gasteiger partial charge in [-0.15, -0.1) is 0 Å². The Kier molecular flexibility index (Phi) is 4.22. The van der Waals surface area contributed by atoms with Crippen LogP contribution in [0.1, 0.15) is 12.5 Å². The minimum Gasteiger partial charge on any atom is -0.224 e. The van der Waals surface area contributed by atoms with Crippen LogP contribution < -0.4 is 0 Å². The summed E-state index contributed by atoms with van der Waals surface area (Å²) in [4.78, 5) is 0.395. The summed E-state index contributed by atoms with van der Waals surface area (Å²) >= 11 is 4.21. The number of rotatable bonds is 4. The Balaban J connectivity index is 2.94. The van der Waals surface area contributed by atoms with Gasteiger partial charge in [-0.25, -0.2) is 8.42 Å². The fourth-order valence-electron chi connectivity index (χ4n) is 1.37. The van der Waals surface area contributed by atoms with Crippen molar-refractivity contribution in [2.45, 2.75) is 18.2 Å². The molecule has 0 amide bonds. The molecule has 0 saturated carbocycles.